The number of amides is 2. The average Bonchev–Trinajstić information content (AvgIpc) is 2.93. The van der Waals surface area contributed by atoms with E-state index in [9.17, 15) is 9.59 Å². The van der Waals surface area contributed by atoms with Gasteiger partial charge in [-0.15, -0.1) is 0 Å². The number of fused-ring (bicyclic) bond motifs is 1. The molecule has 0 unspecified atom stereocenters. The molecule has 7 heteroatoms. The highest BCUT2D eigenvalue weighted by Crippen LogP contribution is 2.28. The fraction of sp³-hybridized carbons (Fsp3) is 0.267. The van der Waals surface area contributed by atoms with Crippen molar-refractivity contribution in [2.75, 3.05) is 43.4 Å². The molecule has 0 aliphatic carbocycles. The summed E-state index contributed by atoms with van der Waals surface area (Å²) in [6.07, 6.45) is 0. The number of urea groups is 1. The summed E-state index contributed by atoms with van der Waals surface area (Å²) in [6, 6.07) is 24.4. The van der Waals surface area contributed by atoms with Crippen LogP contribution in [0.5, 0.6) is 0 Å². The van der Waals surface area contributed by atoms with E-state index in [0.717, 1.165) is 53.8 Å². The van der Waals surface area contributed by atoms with Gasteiger partial charge >= 0.3 is 6.03 Å². The van der Waals surface area contributed by atoms with Crippen molar-refractivity contribution in [2.24, 2.45) is 0 Å². The third-order valence-corrected chi connectivity index (χ3v) is 7.14. The number of carbonyl (C=O) groups excluding carboxylic acids is 1. The second-order valence-corrected chi connectivity index (χ2v) is 9.76. The van der Waals surface area contributed by atoms with Gasteiger partial charge in [-0.2, -0.15) is 0 Å². The molecule has 0 radical (unpaired) electrons. The molecular formula is C30H33N5O2. The lowest BCUT2D eigenvalue weighted by molar-refractivity contribution is 0.209. The van der Waals surface area contributed by atoms with E-state index in [1.807, 2.05) is 30.3 Å². The number of nitrogens with one attached hydrogen (secondary N) is 3. The molecule has 1 aliphatic rings. The number of pyridine rings is 1. The number of benzene rings is 3. The van der Waals surface area contributed by atoms with Crippen molar-refractivity contribution < 1.29 is 4.79 Å². The van der Waals surface area contributed by atoms with Gasteiger partial charge in [-0.05, 0) is 78.4 Å². The Bertz CT molecular complexity index is 1450. The van der Waals surface area contributed by atoms with Gasteiger partial charge in [0, 0.05) is 61.7 Å². The number of anilines is 2. The van der Waals surface area contributed by atoms with E-state index >= 15 is 0 Å². The van der Waals surface area contributed by atoms with E-state index in [0.29, 0.717) is 17.3 Å². The first-order valence-corrected chi connectivity index (χ1v) is 12.8. The van der Waals surface area contributed by atoms with Gasteiger partial charge in [-0.1, -0.05) is 30.3 Å². The quantitative estimate of drug-likeness (QED) is 0.358. The Morgan fingerprint density at radius 1 is 0.838 bits per heavy atom. The van der Waals surface area contributed by atoms with E-state index in [4.69, 9.17) is 0 Å². The van der Waals surface area contributed by atoms with Crippen molar-refractivity contribution in [1.82, 2.24) is 15.2 Å². The highest BCUT2D eigenvalue weighted by atomic mass is 16.2. The number of rotatable bonds is 5. The van der Waals surface area contributed by atoms with Crippen molar-refractivity contribution in [3.8, 4) is 22.3 Å². The van der Waals surface area contributed by atoms with Crippen LogP contribution in [0.15, 0.2) is 77.6 Å². The molecule has 1 aromatic heterocycles. The molecule has 190 valence electrons. The molecule has 0 saturated carbocycles. The molecule has 2 heterocycles. The first-order chi connectivity index (χ1) is 17.9. The van der Waals surface area contributed by atoms with Crippen LogP contribution < -0.4 is 21.1 Å². The van der Waals surface area contributed by atoms with Crippen LogP contribution in [0, 0.1) is 0 Å². The predicted octanol–water partition coefficient (Wildman–Crippen LogP) is 5.14. The van der Waals surface area contributed by atoms with Crippen molar-refractivity contribution >= 4 is 28.3 Å². The summed E-state index contributed by atoms with van der Waals surface area (Å²) >= 11 is 0. The molecule has 1 fully saturated rings. The van der Waals surface area contributed by atoms with Gasteiger partial charge in [0.05, 0.1) is 0 Å². The molecule has 2 amide bonds. The molecule has 5 rings (SSSR count). The highest BCUT2D eigenvalue weighted by Gasteiger charge is 2.19. The Morgan fingerprint density at radius 2 is 1.49 bits per heavy atom. The number of carbonyl (C=O) groups is 1. The lowest BCUT2D eigenvalue weighted by Crippen LogP contribution is -2.48. The highest BCUT2D eigenvalue weighted by molar-refractivity contribution is 5.90. The first kappa shape index (κ1) is 24.6. The number of hydrogen-bond acceptors (Lipinski definition) is 4. The minimum atomic E-state index is -0.287. The third-order valence-electron chi connectivity index (χ3n) is 7.14. The van der Waals surface area contributed by atoms with Crippen molar-refractivity contribution in [3.05, 3.63) is 83.2 Å². The summed E-state index contributed by atoms with van der Waals surface area (Å²) in [5.74, 6) is 0. The van der Waals surface area contributed by atoms with Gasteiger partial charge < -0.3 is 20.5 Å². The van der Waals surface area contributed by atoms with Gasteiger partial charge in [-0.25, -0.2) is 4.79 Å². The molecular weight excluding hydrogens is 462 g/mol. The SMILES string of the molecule is CNC(=O)Nc1ccc(-c2cc3cc(-c4ccc(N5CCN(C(C)C)CC5)cc4)ccc3[nH]c2=O)cc1. The number of H-pyrrole nitrogens is 1. The lowest BCUT2D eigenvalue weighted by Gasteiger charge is -2.38. The minimum absolute atomic E-state index is 0.144. The Labute approximate surface area is 217 Å². The fourth-order valence-corrected chi connectivity index (χ4v) is 4.89. The Balaban J connectivity index is 1.37. The number of nitrogens with zero attached hydrogens (tertiary/aromatic N) is 2. The topological polar surface area (TPSA) is 80.5 Å². The predicted molar refractivity (Wildman–Crippen MR) is 152 cm³/mol. The van der Waals surface area contributed by atoms with E-state index < -0.39 is 0 Å². The molecule has 1 saturated heterocycles. The maximum absolute atomic E-state index is 12.8. The van der Waals surface area contributed by atoms with Crippen LogP contribution in [0.25, 0.3) is 33.2 Å². The maximum Gasteiger partial charge on any atom is 0.318 e. The Kier molecular flexibility index (Phi) is 6.97. The van der Waals surface area contributed by atoms with Gasteiger partial charge in [-0.3, -0.25) is 9.69 Å². The van der Waals surface area contributed by atoms with Crippen LogP contribution in [0.3, 0.4) is 0 Å². The zero-order chi connectivity index (χ0) is 25.9. The number of aromatic amines is 1. The van der Waals surface area contributed by atoms with E-state index in [1.165, 1.54) is 5.69 Å². The average molecular weight is 496 g/mol. The molecule has 0 atom stereocenters. The molecule has 4 aromatic rings. The minimum Gasteiger partial charge on any atom is -0.369 e. The summed E-state index contributed by atoms with van der Waals surface area (Å²) in [6.45, 7) is 8.81. The van der Waals surface area contributed by atoms with Crippen molar-refractivity contribution in [1.29, 1.82) is 0 Å². The monoisotopic (exact) mass is 495 g/mol. The van der Waals surface area contributed by atoms with Crippen molar-refractivity contribution in [2.45, 2.75) is 19.9 Å². The van der Waals surface area contributed by atoms with Crippen LogP contribution >= 0.6 is 0 Å². The Hall–Kier alpha value is -4.10. The summed E-state index contributed by atoms with van der Waals surface area (Å²) in [5.41, 5.74) is 6.20. The van der Waals surface area contributed by atoms with Gasteiger partial charge in [0.15, 0.2) is 0 Å². The van der Waals surface area contributed by atoms with Crippen LogP contribution in [0.4, 0.5) is 16.2 Å². The molecule has 0 spiro atoms. The third kappa shape index (κ3) is 5.37. The molecule has 3 N–H and O–H groups in total. The number of piperazine rings is 1. The van der Waals surface area contributed by atoms with Gasteiger partial charge in [0.25, 0.3) is 5.56 Å². The Morgan fingerprint density at radius 3 is 2.14 bits per heavy atom. The van der Waals surface area contributed by atoms with Crippen LogP contribution in [-0.2, 0) is 0 Å². The first-order valence-electron chi connectivity index (χ1n) is 12.8. The molecule has 3 aromatic carbocycles. The van der Waals surface area contributed by atoms with E-state index in [1.54, 1.807) is 19.2 Å². The normalized spacial score (nSPS) is 14.2. The lowest BCUT2D eigenvalue weighted by atomic mass is 10.00. The van der Waals surface area contributed by atoms with E-state index in [2.05, 4.69) is 69.6 Å². The largest absolute Gasteiger partial charge is 0.369 e. The molecule has 1 aliphatic heterocycles. The zero-order valence-corrected chi connectivity index (χ0v) is 21.5. The fourth-order valence-electron chi connectivity index (χ4n) is 4.89. The second kappa shape index (κ2) is 10.5. The van der Waals surface area contributed by atoms with E-state index in [-0.39, 0.29) is 11.6 Å². The smallest absolute Gasteiger partial charge is 0.318 e. The standard InChI is InChI=1S/C30H33N5O2/c1-20(2)34-14-16-35(17-15-34)26-11-6-21(7-12-26)23-8-13-28-24(18-23)19-27(29(36)33-28)22-4-9-25(10-5-22)32-30(37)31-3/h4-13,18-20H,14-17H2,1-3H3,(H,33,36)(H2,31,32,37). The summed E-state index contributed by atoms with van der Waals surface area (Å²) < 4.78 is 0. The summed E-state index contributed by atoms with van der Waals surface area (Å²) in [4.78, 5) is 32.3. The second-order valence-electron chi connectivity index (χ2n) is 9.76. The summed E-state index contributed by atoms with van der Waals surface area (Å²) in [7, 11) is 1.57. The van der Waals surface area contributed by atoms with Gasteiger partial charge in [0.2, 0.25) is 0 Å². The van der Waals surface area contributed by atoms with Crippen molar-refractivity contribution in [3.63, 3.8) is 0 Å². The zero-order valence-electron chi connectivity index (χ0n) is 21.5. The van der Waals surface area contributed by atoms with Gasteiger partial charge in [0.1, 0.15) is 0 Å². The van der Waals surface area contributed by atoms with Crippen LogP contribution in [0.2, 0.25) is 0 Å². The van der Waals surface area contributed by atoms with Crippen LogP contribution in [-0.4, -0.2) is 55.2 Å². The maximum atomic E-state index is 12.8. The molecule has 37 heavy (non-hydrogen) atoms. The molecule has 0 bridgehead atoms. The van der Waals surface area contributed by atoms with Crippen LogP contribution in [0.1, 0.15) is 13.8 Å². The number of hydrogen-bond donors (Lipinski definition) is 3. The summed E-state index contributed by atoms with van der Waals surface area (Å²) in [5, 5.41) is 6.22. The molecule has 7 nitrogen and oxygen atoms in total. The number of aromatic nitrogens is 1.